The van der Waals surface area contributed by atoms with E-state index in [4.69, 9.17) is 21.1 Å². The second-order valence-electron chi connectivity index (χ2n) is 8.80. The fourth-order valence-corrected chi connectivity index (χ4v) is 4.95. The monoisotopic (exact) mass is 537 g/mol. The average molecular weight is 538 g/mol. The average Bonchev–Trinajstić information content (AvgIpc) is 2.82. The van der Waals surface area contributed by atoms with Crippen LogP contribution >= 0.6 is 11.6 Å². The number of ether oxygens (including phenoxy) is 2. The Morgan fingerprint density at radius 2 is 1.75 bits per heavy atom. The summed E-state index contributed by atoms with van der Waals surface area (Å²) in [4.78, 5) is 28.1. The van der Waals surface area contributed by atoms with E-state index in [-0.39, 0.29) is 24.2 Å². The number of fused-ring (bicyclic) bond motifs is 1. The van der Waals surface area contributed by atoms with Crippen molar-refractivity contribution in [1.29, 1.82) is 0 Å². The van der Waals surface area contributed by atoms with E-state index in [0.717, 1.165) is 10.6 Å². The van der Waals surface area contributed by atoms with Crippen LogP contribution in [0.1, 0.15) is 32.8 Å². The van der Waals surface area contributed by atoms with Gasteiger partial charge < -0.3 is 19.7 Å². The lowest BCUT2D eigenvalue weighted by atomic mass is 10.1. The Labute approximate surface area is 217 Å². The van der Waals surface area contributed by atoms with Gasteiger partial charge in [-0.1, -0.05) is 36.7 Å². The fraction of sp³-hybridized carbons (Fsp3) is 0.440. The fourth-order valence-electron chi connectivity index (χ4n) is 3.91. The smallest absolute Gasteiger partial charge is 0.244 e. The molecule has 196 valence electrons. The van der Waals surface area contributed by atoms with E-state index < -0.39 is 28.5 Å². The normalized spacial score (nSPS) is 13.7. The van der Waals surface area contributed by atoms with Crippen LogP contribution in [0.3, 0.4) is 0 Å². The molecule has 0 fully saturated rings. The number of sulfonamides is 1. The van der Waals surface area contributed by atoms with Gasteiger partial charge in [0, 0.05) is 23.7 Å². The Kier molecular flexibility index (Phi) is 9.08. The van der Waals surface area contributed by atoms with Crippen molar-refractivity contribution in [2.75, 3.05) is 30.3 Å². The highest BCUT2D eigenvalue weighted by Gasteiger charge is 2.32. The minimum absolute atomic E-state index is 0.0429. The lowest BCUT2D eigenvalue weighted by Crippen LogP contribution is -2.53. The molecule has 0 spiro atoms. The molecule has 2 aromatic carbocycles. The summed E-state index contributed by atoms with van der Waals surface area (Å²) in [7, 11) is -3.86. The molecule has 9 nitrogen and oxygen atoms in total. The second kappa shape index (κ2) is 11.8. The number of nitrogens with one attached hydrogen (secondary N) is 1. The molecular weight excluding hydrogens is 506 g/mol. The molecule has 3 rings (SSSR count). The lowest BCUT2D eigenvalue weighted by Gasteiger charge is -2.33. The van der Waals surface area contributed by atoms with Crippen molar-refractivity contribution in [3.63, 3.8) is 0 Å². The molecule has 0 saturated carbocycles. The Hall–Kier alpha value is -2.98. The highest BCUT2D eigenvalue weighted by Crippen LogP contribution is 2.34. The summed E-state index contributed by atoms with van der Waals surface area (Å²) >= 11 is 6.36. The van der Waals surface area contributed by atoms with Crippen LogP contribution in [-0.2, 0) is 26.2 Å². The third kappa shape index (κ3) is 6.82. The summed E-state index contributed by atoms with van der Waals surface area (Å²) in [6.07, 6.45) is 1.36. The van der Waals surface area contributed by atoms with E-state index in [1.54, 1.807) is 43.3 Å². The van der Waals surface area contributed by atoms with Crippen molar-refractivity contribution in [2.45, 2.75) is 45.8 Å². The van der Waals surface area contributed by atoms with E-state index in [1.807, 2.05) is 13.8 Å². The summed E-state index contributed by atoms with van der Waals surface area (Å²) in [6.45, 7) is 5.73. The molecule has 0 bridgehead atoms. The number of carbonyl (C=O) groups excluding carboxylic acids is 2. The van der Waals surface area contributed by atoms with Gasteiger partial charge in [0.2, 0.25) is 21.8 Å². The molecule has 11 heteroatoms. The minimum atomic E-state index is -3.86. The summed E-state index contributed by atoms with van der Waals surface area (Å²) in [5, 5.41) is 3.30. The first-order valence-electron chi connectivity index (χ1n) is 11.7. The van der Waals surface area contributed by atoms with E-state index >= 15 is 0 Å². The second-order valence-corrected chi connectivity index (χ2v) is 11.1. The zero-order valence-corrected chi connectivity index (χ0v) is 22.4. The van der Waals surface area contributed by atoms with Gasteiger partial charge in [0.05, 0.1) is 11.9 Å². The maximum Gasteiger partial charge on any atom is 0.244 e. The van der Waals surface area contributed by atoms with Gasteiger partial charge in [-0.05, 0) is 44.0 Å². The van der Waals surface area contributed by atoms with Crippen LogP contribution in [0.15, 0.2) is 42.5 Å². The van der Waals surface area contributed by atoms with Crippen molar-refractivity contribution >= 4 is 39.1 Å². The molecule has 0 saturated heterocycles. The van der Waals surface area contributed by atoms with Gasteiger partial charge in [-0.2, -0.15) is 0 Å². The molecule has 1 N–H and O–H groups in total. The van der Waals surface area contributed by atoms with Crippen LogP contribution in [-0.4, -0.2) is 63.2 Å². The number of hydrogen-bond acceptors (Lipinski definition) is 6. The molecule has 0 aromatic heterocycles. The van der Waals surface area contributed by atoms with Crippen LogP contribution in [0.2, 0.25) is 5.02 Å². The van der Waals surface area contributed by atoms with Gasteiger partial charge in [-0.25, -0.2) is 8.42 Å². The first-order valence-corrected chi connectivity index (χ1v) is 13.9. The van der Waals surface area contributed by atoms with Crippen molar-refractivity contribution in [3.05, 3.63) is 53.1 Å². The molecule has 0 aliphatic carbocycles. The molecule has 1 aliphatic rings. The maximum absolute atomic E-state index is 13.7. The number of amides is 2. The first-order chi connectivity index (χ1) is 17.0. The highest BCUT2D eigenvalue weighted by molar-refractivity contribution is 7.92. The molecular formula is C25H32ClN3O6S. The number of halogens is 1. The Bertz CT molecular complexity index is 1200. The number of carbonyl (C=O) groups is 2. The Balaban J connectivity index is 1.97. The molecule has 2 amide bonds. The Morgan fingerprint density at radius 3 is 2.36 bits per heavy atom. The molecule has 1 atom stereocenters. The van der Waals surface area contributed by atoms with Gasteiger partial charge in [0.25, 0.3) is 0 Å². The van der Waals surface area contributed by atoms with Crippen LogP contribution < -0.4 is 19.1 Å². The zero-order chi connectivity index (χ0) is 26.5. The van der Waals surface area contributed by atoms with Crippen molar-refractivity contribution < 1.29 is 27.5 Å². The maximum atomic E-state index is 13.7. The quantitative estimate of drug-likeness (QED) is 0.499. The number of hydrogen-bond donors (Lipinski definition) is 1. The summed E-state index contributed by atoms with van der Waals surface area (Å²) in [5.74, 6) is 0.0381. The van der Waals surface area contributed by atoms with E-state index in [2.05, 4.69) is 5.32 Å². The standard InChI is InChI=1S/C25H32ClN3O6S/c1-5-21(25(31)27-17(2)3)28(15-18-8-6-7-9-20(18)26)24(30)16-29(36(4,32)33)19-10-11-22-23(14-19)35-13-12-34-22/h6-11,14,17,21H,5,12-13,15-16H2,1-4H3,(H,27,31)/t21-/m0/s1. The first kappa shape index (κ1) is 27.6. The van der Waals surface area contributed by atoms with Gasteiger partial charge >= 0.3 is 0 Å². The summed E-state index contributed by atoms with van der Waals surface area (Å²) in [5.41, 5.74) is 0.904. The molecule has 36 heavy (non-hydrogen) atoms. The zero-order valence-electron chi connectivity index (χ0n) is 20.9. The third-order valence-electron chi connectivity index (χ3n) is 5.61. The van der Waals surface area contributed by atoms with Crippen molar-refractivity contribution in [3.8, 4) is 11.5 Å². The predicted molar refractivity (Wildman–Crippen MR) is 139 cm³/mol. The number of nitrogens with zero attached hydrogens (tertiary/aromatic N) is 2. The molecule has 1 aliphatic heterocycles. The van der Waals surface area contributed by atoms with Gasteiger partial charge in [0.15, 0.2) is 11.5 Å². The number of benzene rings is 2. The Morgan fingerprint density at radius 1 is 1.08 bits per heavy atom. The van der Waals surface area contributed by atoms with Crippen molar-refractivity contribution in [2.24, 2.45) is 0 Å². The summed E-state index contributed by atoms with van der Waals surface area (Å²) in [6, 6.07) is 10.8. The molecule has 0 unspecified atom stereocenters. The van der Waals surface area contributed by atoms with Crippen LogP contribution in [0, 0.1) is 0 Å². The van der Waals surface area contributed by atoms with Gasteiger partial charge in [-0.3, -0.25) is 13.9 Å². The third-order valence-corrected chi connectivity index (χ3v) is 7.12. The number of anilines is 1. The van der Waals surface area contributed by atoms with Crippen LogP contribution in [0.25, 0.3) is 0 Å². The molecule has 2 aromatic rings. The summed E-state index contributed by atoms with van der Waals surface area (Å²) < 4.78 is 37.6. The van der Waals surface area contributed by atoms with E-state index in [0.29, 0.717) is 41.7 Å². The minimum Gasteiger partial charge on any atom is -0.486 e. The van der Waals surface area contributed by atoms with Gasteiger partial charge in [0.1, 0.15) is 25.8 Å². The molecule has 1 heterocycles. The topological polar surface area (TPSA) is 105 Å². The SMILES string of the molecule is CC[C@@H](C(=O)NC(C)C)N(Cc1ccccc1Cl)C(=O)CN(c1ccc2c(c1)OCCO2)S(C)(=O)=O. The van der Waals surface area contributed by atoms with Crippen molar-refractivity contribution in [1.82, 2.24) is 10.2 Å². The van der Waals surface area contributed by atoms with E-state index in [9.17, 15) is 18.0 Å². The van der Waals surface area contributed by atoms with Crippen LogP contribution in [0.5, 0.6) is 11.5 Å². The van der Waals surface area contributed by atoms with E-state index in [1.165, 1.54) is 11.0 Å². The predicted octanol–water partition coefficient (Wildman–Crippen LogP) is 3.21. The number of rotatable bonds is 10. The lowest BCUT2D eigenvalue weighted by molar-refractivity contribution is -0.140. The largest absolute Gasteiger partial charge is 0.486 e. The highest BCUT2D eigenvalue weighted by atomic mass is 35.5. The van der Waals surface area contributed by atoms with Crippen LogP contribution in [0.4, 0.5) is 5.69 Å². The molecule has 0 radical (unpaired) electrons. The van der Waals surface area contributed by atoms with Gasteiger partial charge in [-0.15, -0.1) is 0 Å².